The van der Waals surface area contributed by atoms with Gasteiger partial charge in [-0.25, -0.2) is 0 Å². The standard InChI is InChI=1S/C60H117N2O6P/c1-6-8-10-12-14-16-18-20-22-23-24-25-26-27-28-29-30-31-32-33-34-35-36-37-38-40-41-43-45-47-49-51-53-59(63)58(57-68-69(65,66)67-56-55-62(3,4)5)61-60(64)54-52-50-48-46-44-42-39-21-19-17-15-13-11-9-7-2/h15,17,21,39,51,53,58-59,63H,6-14,16,18-20,22-38,40-50,52,54-57H2,1-5H3,(H-,61,64,65,66)/b17-15-,39-21-,53-51+. The number of aliphatic hydroxyl groups is 1. The lowest BCUT2D eigenvalue weighted by molar-refractivity contribution is -0.870. The van der Waals surface area contributed by atoms with Gasteiger partial charge in [-0.1, -0.05) is 269 Å². The highest BCUT2D eigenvalue weighted by Gasteiger charge is 2.23. The molecule has 0 aromatic heterocycles. The number of amides is 1. The summed E-state index contributed by atoms with van der Waals surface area (Å²) in [7, 11) is 1.26. The van der Waals surface area contributed by atoms with Crippen molar-refractivity contribution in [2.24, 2.45) is 0 Å². The van der Waals surface area contributed by atoms with E-state index in [0.29, 0.717) is 17.4 Å². The molecule has 8 nitrogen and oxygen atoms in total. The van der Waals surface area contributed by atoms with Crippen LogP contribution in [0.3, 0.4) is 0 Å². The number of nitrogens with zero attached hydrogens (tertiary/aromatic N) is 1. The van der Waals surface area contributed by atoms with Crippen molar-refractivity contribution >= 4 is 13.7 Å². The normalized spacial score (nSPS) is 14.1. The summed E-state index contributed by atoms with van der Waals surface area (Å²) in [6.45, 7) is 4.64. The lowest BCUT2D eigenvalue weighted by Crippen LogP contribution is -2.45. The molecule has 3 unspecified atom stereocenters. The van der Waals surface area contributed by atoms with Crippen molar-refractivity contribution < 1.29 is 32.9 Å². The molecule has 0 saturated carbocycles. The third kappa shape index (κ3) is 54.3. The fourth-order valence-electron chi connectivity index (χ4n) is 8.89. The van der Waals surface area contributed by atoms with Crippen LogP contribution in [0.25, 0.3) is 0 Å². The zero-order valence-corrected chi connectivity index (χ0v) is 47.4. The number of carbonyl (C=O) groups is 1. The predicted molar refractivity (Wildman–Crippen MR) is 298 cm³/mol. The van der Waals surface area contributed by atoms with Gasteiger partial charge in [-0.2, -0.15) is 0 Å². The number of unbranched alkanes of at least 4 members (excludes halogenated alkanes) is 38. The molecule has 0 aliphatic carbocycles. The highest BCUT2D eigenvalue weighted by molar-refractivity contribution is 7.45. The Morgan fingerprint density at radius 2 is 0.841 bits per heavy atom. The predicted octanol–water partition coefficient (Wildman–Crippen LogP) is 17.5. The smallest absolute Gasteiger partial charge is 0.268 e. The third-order valence-corrected chi connectivity index (χ3v) is 14.6. The highest BCUT2D eigenvalue weighted by atomic mass is 31.2. The van der Waals surface area contributed by atoms with E-state index in [1.54, 1.807) is 6.08 Å². The minimum absolute atomic E-state index is 0.00369. The van der Waals surface area contributed by atoms with Gasteiger partial charge in [-0.15, -0.1) is 0 Å². The summed E-state index contributed by atoms with van der Waals surface area (Å²) in [5, 5.41) is 13.9. The van der Waals surface area contributed by atoms with Crippen LogP contribution in [0, 0.1) is 0 Å². The first-order valence-electron chi connectivity index (χ1n) is 29.9. The van der Waals surface area contributed by atoms with Gasteiger partial charge in [0.15, 0.2) is 0 Å². The molecular weight excluding hydrogens is 876 g/mol. The molecule has 0 fully saturated rings. The van der Waals surface area contributed by atoms with E-state index in [4.69, 9.17) is 9.05 Å². The fourth-order valence-corrected chi connectivity index (χ4v) is 9.61. The Hall–Kier alpha value is -1.28. The molecule has 0 radical (unpaired) electrons. The van der Waals surface area contributed by atoms with Crippen LogP contribution in [-0.4, -0.2) is 68.5 Å². The number of likely N-dealkylation sites (N-methyl/N-ethyl adjacent to an activating group) is 1. The second-order valence-corrected chi connectivity index (χ2v) is 23.1. The Balaban J connectivity index is 4.07. The van der Waals surface area contributed by atoms with Crippen molar-refractivity contribution in [3.63, 3.8) is 0 Å². The molecule has 0 bridgehead atoms. The van der Waals surface area contributed by atoms with E-state index >= 15 is 0 Å². The van der Waals surface area contributed by atoms with Gasteiger partial charge in [0.2, 0.25) is 5.91 Å². The molecule has 1 amide bonds. The van der Waals surface area contributed by atoms with Crippen LogP contribution in [0.1, 0.15) is 290 Å². The SMILES string of the molecule is CCCCC/C=C\C/C=C\CCCCCCCC(=O)NC(COP(=O)([O-])OCC[N+](C)(C)C)C(O)/C=C/CCCCCCCCCCCCCCCCCCCCCCCCCCCCCCCC. The van der Waals surface area contributed by atoms with E-state index in [1.807, 2.05) is 27.2 Å². The largest absolute Gasteiger partial charge is 0.756 e. The Morgan fingerprint density at radius 1 is 0.507 bits per heavy atom. The molecule has 0 heterocycles. The maximum atomic E-state index is 12.9. The molecule has 0 rings (SSSR count). The van der Waals surface area contributed by atoms with Crippen molar-refractivity contribution in [2.75, 3.05) is 40.9 Å². The van der Waals surface area contributed by atoms with Gasteiger partial charge >= 0.3 is 0 Å². The van der Waals surface area contributed by atoms with E-state index in [0.717, 1.165) is 64.2 Å². The van der Waals surface area contributed by atoms with Crippen LogP contribution in [0.15, 0.2) is 36.5 Å². The molecule has 3 atom stereocenters. The quantitative estimate of drug-likeness (QED) is 0.0272. The second-order valence-electron chi connectivity index (χ2n) is 21.7. The second kappa shape index (κ2) is 51.6. The minimum Gasteiger partial charge on any atom is -0.756 e. The first-order valence-corrected chi connectivity index (χ1v) is 31.3. The van der Waals surface area contributed by atoms with Crippen LogP contribution in [0.5, 0.6) is 0 Å². The highest BCUT2D eigenvalue weighted by Crippen LogP contribution is 2.38. The number of hydrogen-bond donors (Lipinski definition) is 2. The van der Waals surface area contributed by atoms with E-state index in [-0.39, 0.29) is 19.1 Å². The number of aliphatic hydroxyl groups excluding tert-OH is 1. The molecule has 408 valence electrons. The van der Waals surface area contributed by atoms with E-state index in [2.05, 4.69) is 43.5 Å². The average Bonchev–Trinajstić information content (AvgIpc) is 3.31. The molecule has 0 aliphatic rings. The Kier molecular flexibility index (Phi) is 50.7. The fraction of sp³-hybridized carbons (Fsp3) is 0.883. The van der Waals surface area contributed by atoms with Gasteiger partial charge in [-0.3, -0.25) is 9.36 Å². The number of phosphoric ester groups is 1. The van der Waals surface area contributed by atoms with Crippen LogP contribution in [0.4, 0.5) is 0 Å². The first kappa shape index (κ1) is 67.7. The van der Waals surface area contributed by atoms with Gasteiger partial charge in [0.25, 0.3) is 7.82 Å². The van der Waals surface area contributed by atoms with E-state index < -0.39 is 20.0 Å². The summed E-state index contributed by atoms with van der Waals surface area (Å²) in [4.78, 5) is 25.4. The molecule has 9 heteroatoms. The van der Waals surface area contributed by atoms with Crippen molar-refractivity contribution in [1.82, 2.24) is 5.32 Å². The summed E-state index contributed by atoms with van der Waals surface area (Å²) in [5.41, 5.74) is 0. The molecule has 0 saturated heterocycles. The topological polar surface area (TPSA) is 108 Å². The lowest BCUT2D eigenvalue weighted by Gasteiger charge is -2.29. The van der Waals surface area contributed by atoms with Gasteiger partial charge < -0.3 is 28.8 Å². The Morgan fingerprint density at radius 3 is 1.23 bits per heavy atom. The molecular formula is C60H117N2O6P. The number of allylic oxidation sites excluding steroid dienone is 5. The van der Waals surface area contributed by atoms with Crippen molar-refractivity contribution in [2.45, 2.75) is 302 Å². The maximum absolute atomic E-state index is 12.9. The number of hydrogen-bond acceptors (Lipinski definition) is 6. The Bertz CT molecular complexity index is 1220. The summed E-state index contributed by atoms with van der Waals surface area (Å²) in [5.74, 6) is -0.209. The summed E-state index contributed by atoms with van der Waals surface area (Å²) in [6.07, 6.45) is 66.7. The van der Waals surface area contributed by atoms with E-state index in [9.17, 15) is 19.4 Å². The minimum atomic E-state index is -4.60. The van der Waals surface area contributed by atoms with Gasteiger partial charge in [0.1, 0.15) is 13.2 Å². The lowest BCUT2D eigenvalue weighted by atomic mass is 10.0. The monoisotopic (exact) mass is 993 g/mol. The number of carbonyl (C=O) groups excluding carboxylic acids is 1. The summed E-state index contributed by atoms with van der Waals surface area (Å²) < 4.78 is 23.3. The average molecular weight is 994 g/mol. The molecule has 0 spiro atoms. The first-order chi connectivity index (χ1) is 33.5. The molecule has 0 aliphatic heterocycles. The number of quaternary nitrogens is 1. The van der Waals surface area contributed by atoms with Gasteiger partial charge in [0, 0.05) is 6.42 Å². The number of rotatable bonds is 55. The zero-order chi connectivity index (χ0) is 50.6. The van der Waals surface area contributed by atoms with Crippen molar-refractivity contribution in [3.05, 3.63) is 36.5 Å². The van der Waals surface area contributed by atoms with Gasteiger partial charge in [0.05, 0.1) is 39.9 Å². The zero-order valence-electron chi connectivity index (χ0n) is 46.5. The van der Waals surface area contributed by atoms with Crippen LogP contribution < -0.4 is 10.2 Å². The molecule has 69 heavy (non-hydrogen) atoms. The Labute approximate surface area is 429 Å². The number of nitrogens with one attached hydrogen (secondary N) is 1. The maximum Gasteiger partial charge on any atom is 0.268 e. The van der Waals surface area contributed by atoms with Crippen molar-refractivity contribution in [1.29, 1.82) is 0 Å². The van der Waals surface area contributed by atoms with Crippen LogP contribution in [0.2, 0.25) is 0 Å². The third-order valence-electron chi connectivity index (χ3n) is 13.6. The van der Waals surface area contributed by atoms with E-state index in [1.165, 1.54) is 205 Å². The van der Waals surface area contributed by atoms with Crippen LogP contribution >= 0.6 is 7.82 Å². The molecule has 0 aromatic carbocycles. The van der Waals surface area contributed by atoms with Gasteiger partial charge in [-0.05, 0) is 51.4 Å². The summed E-state index contributed by atoms with van der Waals surface area (Å²) in [6, 6.07) is -0.894. The number of phosphoric acid groups is 1. The summed E-state index contributed by atoms with van der Waals surface area (Å²) >= 11 is 0. The molecule has 2 N–H and O–H groups in total. The van der Waals surface area contributed by atoms with Crippen molar-refractivity contribution in [3.8, 4) is 0 Å². The molecule has 0 aromatic rings. The van der Waals surface area contributed by atoms with Crippen LogP contribution in [-0.2, 0) is 18.4 Å².